The highest BCUT2D eigenvalue weighted by atomic mass is 15.2. The lowest BCUT2D eigenvalue weighted by atomic mass is 9.91. The lowest BCUT2D eigenvalue weighted by molar-refractivity contribution is 1.14. The first-order valence-corrected chi connectivity index (χ1v) is 20.4. The van der Waals surface area contributed by atoms with Gasteiger partial charge in [-0.15, -0.1) is 0 Å². The number of rotatable bonds is 2. The number of anilines is 3. The van der Waals surface area contributed by atoms with Gasteiger partial charge in [-0.2, -0.15) is 0 Å². The van der Waals surface area contributed by atoms with Gasteiger partial charge >= 0.3 is 0 Å². The van der Waals surface area contributed by atoms with Crippen LogP contribution in [0.25, 0.3) is 98.8 Å². The van der Waals surface area contributed by atoms with Crippen molar-refractivity contribution in [3.8, 4) is 33.6 Å². The third-order valence-corrected chi connectivity index (χ3v) is 12.6. The zero-order valence-electron chi connectivity index (χ0n) is 32.0. The van der Waals surface area contributed by atoms with Crippen LogP contribution in [0.4, 0.5) is 17.1 Å². The molecule has 3 heterocycles. The summed E-state index contributed by atoms with van der Waals surface area (Å²) in [4.78, 5) is 2.44. The first-order chi connectivity index (χ1) is 29.3. The fourth-order valence-electron chi connectivity index (χ4n) is 10.0. The number of hydrogen-bond acceptors (Lipinski definition) is 1. The van der Waals surface area contributed by atoms with Gasteiger partial charge in [0.2, 0.25) is 0 Å². The summed E-state index contributed by atoms with van der Waals surface area (Å²) in [5.74, 6) is 0. The minimum atomic E-state index is 1.11. The first-order valence-electron chi connectivity index (χ1n) is 20.4. The van der Waals surface area contributed by atoms with E-state index < -0.39 is 0 Å². The van der Waals surface area contributed by atoms with Gasteiger partial charge in [0.1, 0.15) is 0 Å². The Hall–Kier alpha value is -7.88. The Morgan fingerprint density at radius 3 is 1.44 bits per heavy atom. The molecule has 12 aromatic rings. The van der Waals surface area contributed by atoms with Gasteiger partial charge in [0.05, 0.1) is 39.1 Å². The molecule has 0 radical (unpaired) electrons. The van der Waals surface area contributed by atoms with Crippen LogP contribution in [0.5, 0.6) is 0 Å². The van der Waals surface area contributed by atoms with Crippen LogP contribution in [0.15, 0.2) is 212 Å². The van der Waals surface area contributed by atoms with Crippen molar-refractivity contribution in [1.29, 1.82) is 0 Å². The van der Waals surface area contributed by atoms with Crippen LogP contribution in [0.3, 0.4) is 0 Å². The molecule has 3 heteroatoms. The van der Waals surface area contributed by atoms with Gasteiger partial charge in [-0.3, -0.25) is 0 Å². The second kappa shape index (κ2) is 12.3. The predicted molar refractivity (Wildman–Crippen MR) is 249 cm³/mol. The molecule has 1 aliphatic heterocycles. The number of para-hydroxylation sites is 5. The van der Waals surface area contributed by atoms with E-state index in [0.717, 1.165) is 28.4 Å². The maximum atomic E-state index is 2.52. The molecular weight excluding hydrogens is 715 g/mol. The lowest BCUT2D eigenvalue weighted by Crippen LogP contribution is -2.14. The van der Waals surface area contributed by atoms with Crippen LogP contribution in [-0.2, 0) is 0 Å². The van der Waals surface area contributed by atoms with Crippen molar-refractivity contribution in [2.75, 3.05) is 4.90 Å². The number of benzene rings is 10. The fourth-order valence-corrected chi connectivity index (χ4v) is 10.0. The van der Waals surface area contributed by atoms with Crippen molar-refractivity contribution in [3.63, 3.8) is 0 Å². The molecule has 0 unspecified atom stereocenters. The molecule has 0 spiro atoms. The van der Waals surface area contributed by atoms with Crippen LogP contribution < -0.4 is 4.90 Å². The summed E-state index contributed by atoms with van der Waals surface area (Å²) in [5, 5.41) is 9.94. The molecule has 2 aromatic heterocycles. The van der Waals surface area contributed by atoms with Crippen LogP contribution in [-0.4, -0.2) is 9.13 Å². The van der Waals surface area contributed by atoms with E-state index in [1.165, 1.54) is 87.4 Å². The second-order valence-electron chi connectivity index (χ2n) is 15.7. The summed E-state index contributed by atoms with van der Waals surface area (Å²) in [6.07, 6.45) is 0. The van der Waals surface area contributed by atoms with Gasteiger partial charge in [0, 0.05) is 44.0 Å². The van der Waals surface area contributed by atoms with Crippen molar-refractivity contribution in [1.82, 2.24) is 9.13 Å². The summed E-state index contributed by atoms with van der Waals surface area (Å²) in [7, 11) is 0. The van der Waals surface area contributed by atoms with Crippen molar-refractivity contribution in [3.05, 3.63) is 212 Å². The van der Waals surface area contributed by atoms with Gasteiger partial charge < -0.3 is 14.0 Å². The molecule has 0 bridgehead atoms. The lowest BCUT2D eigenvalue weighted by Gasteiger charge is -2.31. The van der Waals surface area contributed by atoms with E-state index in [-0.39, 0.29) is 0 Å². The second-order valence-corrected chi connectivity index (χ2v) is 15.7. The molecule has 0 atom stereocenters. The molecular formula is C56H35N3. The Kier molecular flexibility index (Phi) is 6.72. The minimum Gasteiger partial charge on any atom is -0.309 e. The largest absolute Gasteiger partial charge is 0.309 e. The molecule has 0 saturated carbocycles. The first kappa shape index (κ1) is 32.2. The molecule has 3 nitrogen and oxygen atoms in total. The normalized spacial score (nSPS) is 12.4. The summed E-state index contributed by atoms with van der Waals surface area (Å²) < 4.78 is 5.01. The van der Waals surface area contributed by atoms with Gasteiger partial charge in [-0.1, -0.05) is 140 Å². The van der Waals surface area contributed by atoms with E-state index >= 15 is 0 Å². The Balaban J connectivity index is 1.17. The number of nitrogens with zero attached hydrogens (tertiary/aromatic N) is 3. The maximum Gasteiger partial charge on any atom is 0.0703 e. The quantitative estimate of drug-likeness (QED) is 0.172. The highest BCUT2D eigenvalue weighted by Gasteiger charge is 2.27. The number of fused-ring (bicyclic) bond motifs is 14. The Morgan fingerprint density at radius 2 is 0.763 bits per heavy atom. The van der Waals surface area contributed by atoms with Crippen LogP contribution in [0.1, 0.15) is 0 Å². The predicted octanol–water partition coefficient (Wildman–Crippen LogP) is 15.3. The van der Waals surface area contributed by atoms with Crippen LogP contribution >= 0.6 is 0 Å². The minimum absolute atomic E-state index is 1.11. The van der Waals surface area contributed by atoms with E-state index in [2.05, 4.69) is 226 Å². The topological polar surface area (TPSA) is 13.1 Å². The molecule has 0 aliphatic carbocycles. The van der Waals surface area contributed by atoms with Gasteiger partial charge in [0.15, 0.2) is 0 Å². The monoisotopic (exact) mass is 749 g/mol. The fraction of sp³-hybridized carbons (Fsp3) is 0. The summed E-state index contributed by atoms with van der Waals surface area (Å²) in [6, 6.07) is 78.4. The average molecular weight is 750 g/mol. The highest BCUT2D eigenvalue weighted by Crippen LogP contribution is 2.50. The summed E-state index contributed by atoms with van der Waals surface area (Å²) in [5.41, 5.74) is 15.2. The number of aromatic nitrogens is 2. The molecule has 0 fully saturated rings. The summed E-state index contributed by atoms with van der Waals surface area (Å²) >= 11 is 0. The molecule has 59 heavy (non-hydrogen) atoms. The Bertz CT molecular complexity index is 3590. The third-order valence-electron chi connectivity index (χ3n) is 12.6. The number of hydrogen-bond donors (Lipinski definition) is 0. The highest BCUT2D eigenvalue weighted by molar-refractivity contribution is 6.19. The Labute approximate surface area is 340 Å². The van der Waals surface area contributed by atoms with Crippen molar-refractivity contribution >= 4 is 82.2 Å². The molecule has 10 aromatic carbocycles. The van der Waals surface area contributed by atoms with E-state index in [1.54, 1.807) is 0 Å². The average Bonchev–Trinajstić information content (AvgIpc) is 3.79. The van der Waals surface area contributed by atoms with E-state index in [9.17, 15) is 0 Å². The van der Waals surface area contributed by atoms with Crippen molar-refractivity contribution < 1.29 is 0 Å². The van der Waals surface area contributed by atoms with E-state index in [0.29, 0.717) is 0 Å². The molecule has 274 valence electrons. The van der Waals surface area contributed by atoms with Gasteiger partial charge in [-0.25, -0.2) is 0 Å². The van der Waals surface area contributed by atoms with E-state index in [4.69, 9.17) is 0 Å². The summed E-state index contributed by atoms with van der Waals surface area (Å²) in [6.45, 7) is 0. The van der Waals surface area contributed by atoms with Crippen LogP contribution in [0.2, 0.25) is 0 Å². The smallest absolute Gasteiger partial charge is 0.0703 e. The molecule has 0 N–H and O–H groups in total. The maximum absolute atomic E-state index is 2.52. The van der Waals surface area contributed by atoms with Crippen LogP contribution in [0, 0.1) is 0 Å². The zero-order valence-corrected chi connectivity index (χ0v) is 32.0. The molecule has 1 aliphatic rings. The van der Waals surface area contributed by atoms with Crippen molar-refractivity contribution in [2.24, 2.45) is 0 Å². The van der Waals surface area contributed by atoms with E-state index in [1.807, 2.05) is 0 Å². The van der Waals surface area contributed by atoms with Crippen molar-refractivity contribution in [2.45, 2.75) is 0 Å². The standard InChI is InChI=1S/C56H35N3/c1-2-19-40(20-3-1)57-50-26-11-10-23-44(50)42-21-8-9-22-43(42)45-24-14-25-46-49-35-41(29-30-51(49)59(56(45)46)53-28-13-12-27-52(53)57)58-54-33-38-17-6-4-15-36(38)31-47(54)48-32-37-16-5-7-18-39(37)34-55(48)58/h1-35H. The molecule has 0 saturated heterocycles. The van der Waals surface area contributed by atoms with Gasteiger partial charge in [-0.05, 0) is 105 Å². The zero-order chi connectivity index (χ0) is 38.6. The molecule has 13 rings (SSSR count). The van der Waals surface area contributed by atoms with Gasteiger partial charge in [0.25, 0.3) is 0 Å². The third kappa shape index (κ3) is 4.64. The molecule has 0 amide bonds. The SMILES string of the molecule is c1ccc(N2c3ccccc3-c3ccccc3-c3cccc4c5cc(-n6c7cc8ccccc8cc7c7cc8ccccc8cc76)ccc5n(c34)-c3ccccc32)cc1. The Morgan fingerprint density at radius 1 is 0.254 bits per heavy atom.